The summed E-state index contributed by atoms with van der Waals surface area (Å²) in [6.07, 6.45) is 1.40. The lowest BCUT2D eigenvalue weighted by molar-refractivity contribution is 0.0366. The van der Waals surface area contributed by atoms with Gasteiger partial charge in [0.1, 0.15) is 5.82 Å². The van der Waals surface area contributed by atoms with Gasteiger partial charge in [0.15, 0.2) is 5.69 Å². The van der Waals surface area contributed by atoms with Crippen molar-refractivity contribution in [2.24, 2.45) is 0 Å². The van der Waals surface area contributed by atoms with Crippen molar-refractivity contribution in [1.82, 2.24) is 19.9 Å². The third kappa shape index (κ3) is 3.30. The van der Waals surface area contributed by atoms with Crippen LogP contribution in [0.4, 0.5) is 0 Å². The highest BCUT2D eigenvalue weighted by Crippen LogP contribution is 2.36. The minimum Gasteiger partial charge on any atom is -0.458 e. The third-order valence-corrected chi connectivity index (χ3v) is 5.64. The Balaban J connectivity index is 1.82. The number of imidazole rings is 1. The van der Waals surface area contributed by atoms with Crippen LogP contribution in [-0.2, 0) is 16.1 Å². The quantitative estimate of drug-likeness (QED) is 0.340. The molecule has 32 heavy (non-hydrogen) atoms. The molecule has 7 nitrogen and oxygen atoms in total. The molecular formula is C24H21ClN4O3. The summed E-state index contributed by atoms with van der Waals surface area (Å²) in [5.41, 5.74) is 5.04. The minimum atomic E-state index is -0.478. The lowest BCUT2D eigenvalue weighted by Crippen LogP contribution is -2.15. The average molecular weight is 449 g/mol. The zero-order valence-electron chi connectivity index (χ0n) is 17.8. The second-order valence-electron chi connectivity index (χ2n) is 7.84. The number of ether oxygens (including phenoxy) is 2. The van der Waals surface area contributed by atoms with E-state index >= 15 is 0 Å². The Morgan fingerprint density at radius 1 is 1.06 bits per heavy atom. The Morgan fingerprint density at radius 3 is 2.59 bits per heavy atom. The largest absolute Gasteiger partial charge is 0.458 e. The van der Waals surface area contributed by atoms with Crippen molar-refractivity contribution >= 4 is 50.4 Å². The first-order valence-electron chi connectivity index (χ1n) is 10.2. The van der Waals surface area contributed by atoms with Crippen LogP contribution in [0.2, 0.25) is 5.02 Å². The average Bonchev–Trinajstić information content (AvgIpc) is 3.35. The molecule has 3 aromatic heterocycles. The number of aromatic nitrogens is 4. The summed E-state index contributed by atoms with van der Waals surface area (Å²) in [6.45, 7) is 3.82. The van der Waals surface area contributed by atoms with Gasteiger partial charge in [-0.1, -0.05) is 23.7 Å². The van der Waals surface area contributed by atoms with Gasteiger partial charge in [-0.3, -0.25) is 0 Å². The number of hydrogen-bond acceptors (Lipinski definition) is 5. The zero-order valence-corrected chi connectivity index (χ0v) is 18.6. The number of rotatable bonds is 5. The summed E-state index contributed by atoms with van der Waals surface area (Å²) in [5, 5.41) is 2.35. The summed E-state index contributed by atoms with van der Waals surface area (Å²) < 4.78 is 10.9. The SMILES string of the molecule is COCc1c(C(=O)OC(C)C)ncc2[nH]c3ccc4[nH]c(-c5ccccc5Cl)nc4c3c12. The number of nitrogens with one attached hydrogen (secondary N) is 2. The van der Waals surface area contributed by atoms with E-state index in [1.807, 2.05) is 50.2 Å². The van der Waals surface area contributed by atoms with Gasteiger partial charge in [-0.25, -0.2) is 14.8 Å². The summed E-state index contributed by atoms with van der Waals surface area (Å²) in [6, 6.07) is 11.5. The fourth-order valence-electron chi connectivity index (χ4n) is 4.02. The van der Waals surface area contributed by atoms with E-state index < -0.39 is 5.97 Å². The van der Waals surface area contributed by atoms with Crippen molar-refractivity contribution in [2.45, 2.75) is 26.6 Å². The molecule has 5 rings (SSSR count). The molecule has 0 atom stereocenters. The Bertz CT molecular complexity index is 1490. The molecule has 0 aliphatic heterocycles. The molecule has 2 aromatic carbocycles. The van der Waals surface area contributed by atoms with E-state index in [-0.39, 0.29) is 18.4 Å². The molecule has 0 amide bonds. The smallest absolute Gasteiger partial charge is 0.357 e. The summed E-state index contributed by atoms with van der Waals surface area (Å²) >= 11 is 6.40. The van der Waals surface area contributed by atoms with Crippen LogP contribution < -0.4 is 0 Å². The van der Waals surface area contributed by atoms with Crippen LogP contribution in [0, 0.1) is 0 Å². The van der Waals surface area contributed by atoms with E-state index in [2.05, 4.69) is 15.0 Å². The molecule has 0 aliphatic rings. The number of carbonyl (C=O) groups excluding carboxylic acids is 1. The maximum Gasteiger partial charge on any atom is 0.357 e. The molecule has 0 unspecified atom stereocenters. The molecule has 0 radical (unpaired) electrons. The van der Waals surface area contributed by atoms with E-state index in [1.54, 1.807) is 13.3 Å². The van der Waals surface area contributed by atoms with Crippen LogP contribution >= 0.6 is 11.6 Å². The van der Waals surface area contributed by atoms with Gasteiger partial charge in [0.25, 0.3) is 0 Å². The van der Waals surface area contributed by atoms with Crippen molar-refractivity contribution in [3.05, 3.63) is 58.9 Å². The van der Waals surface area contributed by atoms with Gasteiger partial charge in [0.05, 0.1) is 40.5 Å². The molecule has 0 spiro atoms. The molecule has 0 aliphatic carbocycles. The molecule has 2 N–H and O–H groups in total. The number of H-pyrrole nitrogens is 2. The van der Waals surface area contributed by atoms with E-state index in [0.717, 1.165) is 38.4 Å². The second kappa shape index (κ2) is 7.93. The Kier molecular flexibility index (Phi) is 5.07. The highest BCUT2D eigenvalue weighted by molar-refractivity contribution is 6.33. The fraction of sp³-hybridized carbons (Fsp3) is 0.208. The first-order chi connectivity index (χ1) is 15.5. The molecule has 3 heterocycles. The number of fused-ring (bicyclic) bond motifs is 5. The summed E-state index contributed by atoms with van der Waals surface area (Å²) in [5.74, 6) is 0.198. The number of hydrogen-bond donors (Lipinski definition) is 2. The van der Waals surface area contributed by atoms with Gasteiger partial charge in [-0.2, -0.15) is 0 Å². The predicted molar refractivity (Wildman–Crippen MR) is 125 cm³/mol. The molecule has 0 bridgehead atoms. The number of nitrogens with zero attached hydrogens (tertiary/aromatic N) is 2. The topological polar surface area (TPSA) is 92.9 Å². The van der Waals surface area contributed by atoms with Gasteiger partial charge in [-0.15, -0.1) is 0 Å². The predicted octanol–water partition coefficient (Wildman–Crippen LogP) is 5.62. The number of aromatic amines is 2. The van der Waals surface area contributed by atoms with Crippen molar-refractivity contribution in [1.29, 1.82) is 0 Å². The Hall–Kier alpha value is -3.42. The van der Waals surface area contributed by atoms with E-state index in [4.69, 9.17) is 26.1 Å². The van der Waals surface area contributed by atoms with Crippen LogP contribution in [0.25, 0.3) is 44.2 Å². The number of methoxy groups -OCH3 is 1. The molecule has 5 aromatic rings. The summed E-state index contributed by atoms with van der Waals surface area (Å²) in [4.78, 5) is 28.8. The first-order valence-corrected chi connectivity index (χ1v) is 10.6. The highest BCUT2D eigenvalue weighted by atomic mass is 35.5. The monoisotopic (exact) mass is 448 g/mol. The minimum absolute atomic E-state index is 0.206. The van der Waals surface area contributed by atoms with Crippen molar-refractivity contribution in [3.8, 4) is 11.4 Å². The first kappa shape index (κ1) is 20.5. The molecule has 0 saturated carbocycles. The zero-order chi connectivity index (χ0) is 22.4. The second-order valence-corrected chi connectivity index (χ2v) is 8.24. The van der Waals surface area contributed by atoms with Gasteiger partial charge < -0.3 is 19.4 Å². The third-order valence-electron chi connectivity index (χ3n) is 5.31. The molecule has 0 fully saturated rings. The molecular weight excluding hydrogens is 428 g/mol. The molecule has 162 valence electrons. The normalized spacial score (nSPS) is 11.8. The Morgan fingerprint density at radius 2 is 1.84 bits per heavy atom. The van der Waals surface area contributed by atoms with Crippen LogP contribution in [0.1, 0.15) is 29.9 Å². The number of benzene rings is 2. The van der Waals surface area contributed by atoms with Gasteiger partial charge in [0, 0.05) is 34.5 Å². The molecule has 0 saturated heterocycles. The number of esters is 1. The Labute approximate surface area is 188 Å². The van der Waals surface area contributed by atoms with Crippen LogP contribution in [0.3, 0.4) is 0 Å². The van der Waals surface area contributed by atoms with Gasteiger partial charge in [-0.05, 0) is 38.1 Å². The standard InChI is InChI=1S/C24H21ClN4O3/c1-12(2)32-24(30)21-14(11-31-3)19-18(10-26-21)27-16-8-9-17-22(20(16)19)29-23(28-17)13-6-4-5-7-15(13)25/h4-10,12,27H,11H2,1-3H3,(H,28,29). The number of halogens is 1. The lowest BCUT2D eigenvalue weighted by Gasteiger charge is -2.12. The maximum absolute atomic E-state index is 12.8. The van der Waals surface area contributed by atoms with Crippen molar-refractivity contribution in [3.63, 3.8) is 0 Å². The number of carbonyl (C=O) groups is 1. The van der Waals surface area contributed by atoms with E-state index in [1.165, 1.54) is 0 Å². The van der Waals surface area contributed by atoms with Gasteiger partial charge in [0.2, 0.25) is 0 Å². The molecule has 8 heteroatoms. The van der Waals surface area contributed by atoms with Crippen molar-refractivity contribution < 1.29 is 14.3 Å². The lowest BCUT2D eigenvalue weighted by atomic mass is 10.0. The van der Waals surface area contributed by atoms with Crippen LogP contribution in [0.15, 0.2) is 42.6 Å². The summed E-state index contributed by atoms with van der Waals surface area (Å²) in [7, 11) is 1.59. The van der Waals surface area contributed by atoms with E-state index in [0.29, 0.717) is 16.4 Å². The van der Waals surface area contributed by atoms with Crippen LogP contribution in [-0.4, -0.2) is 39.1 Å². The maximum atomic E-state index is 12.8. The fourth-order valence-corrected chi connectivity index (χ4v) is 4.25. The highest BCUT2D eigenvalue weighted by Gasteiger charge is 2.23. The van der Waals surface area contributed by atoms with E-state index in [9.17, 15) is 4.79 Å². The van der Waals surface area contributed by atoms with Crippen LogP contribution in [0.5, 0.6) is 0 Å². The van der Waals surface area contributed by atoms with Gasteiger partial charge >= 0.3 is 5.97 Å². The number of pyridine rings is 1. The van der Waals surface area contributed by atoms with Crippen molar-refractivity contribution in [2.75, 3.05) is 7.11 Å².